The summed E-state index contributed by atoms with van der Waals surface area (Å²) in [6, 6.07) is 5.38. The minimum Gasteiger partial charge on any atom is -0.486 e. The molecule has 0 saturated carbocycles. The summed E-state index contributed by atoms with van der Waals surface area (Å²) in [5.41, 5.74) is 0. The molecule has 0 aliphatic carbocycles. The summed E-state index contributed by atoms with van der Waals surface area (Å²) in [5.74, 6) is 0.0754. The van der Waals surface area contributed by atoms with Gasteiger partial charge in [0.1, 0.15) is 17.7 Å². The third-order valence-electron chi connectivity index (χ3n) is 1.52. The van der Waals surface area contributed by atoms with Crippen molar-refractivity contribution in [2.45, 2.75) is 6.10 Å². The Morgan fingerprint density at radius 1 is 1.15 bits per heavy atom. The largest absolute Gasteiger partial charge is 0.486 e. The van der Waals surface area contributed by atoms with E-state index < -0.39 is 6.10 Å². The second-order valence-corrected chi connectivity index (χ2v) is 2.56. The van der Waals surface area contributed by atoms with Crippen LogP contribution in [-0.4, -0.2) is 29.5 Å². The van der Waals surface area contributed by atoms with E-state index in [0.717, 1.165) is 0 Å². The predicted molar refractivity (Wildman–Crippen MR) is 45.0 cm³/mol. The first kappa shape index (κ1) is 9.95. The normalized spacial score (nSPS) is 10.5. The van der Waals surface area contributed by atoms with Gasteiger partial charge in [-0.05, 0) is 24.3 Å². The Balaban J connectivity index is 2.58. The summed E-state index contributed by atoms with van der Waals surface area (Å²) in [6.07, 6.45) is -0.648. The lowest BCUT2D eigenvalue weighted by atomic mass is 10.3. The molecular weight excluding hydrogens is 175 g/mol. The maximum atomic E-state index is 12.4. The summed E-state index contributed by atoms with van der Waals surface area (Å²) in [6.45, 7) is -0.540. The molecule has 0 radical (unpaired) electrons. The summed E-state index contributed by atoms with van der Waals surface area (Å²) in [4.78, 5) is 0. The number of rotatable bonds is 4. The second kappa shape index (κ2) is 4.79. The summed E-state index contributed by atoms with van der Waals surface area (Å²) >= 11 is 0. The number of halogens is 1. The lowest BCUT2D eigenvalue weighted by Gasteiger charge is -2.13. The van der Waals surface area contributed by atoms with Crippen LogP contribution in [0.2, 0.25) is 0 Å². The average molecular weight is 186 g/mol. The maximum Gasteiger partial charge on any atom is 0.145 e. The molecule has 0 fully saturated rings. The lowest BCUT2D eigenvalue weighted by Crippen LogP contribution is -2.25. The highest BCUT2D eigenvalue weighted by molar-refractivity contribution is 5.22. The van der Waals surface area contributed by atoms with Gasteiger partial charge in [0, 0.05) is 0 Å². The monoisotopic (exact) mass is 186 g/mol. The fraction of sp³-hybridized carbons (Fsp3) is 0.333. The van der Waals surface area contributed by atoms with Gasteiger partial charge in [-0.2, -0.15) is 0 Å². The molecule has 0 atom stereocenters. The molecule has 0 spiro atoms. The fourth-order valence-corrected chi connectivity index (χ4v) is 0.838. The highest BCUT2D eigenvalue weighted by Crippen LogP contribution is 2.12. The van der Waals surface area contributed by atoms with E-state index in [1.54, 1.807) is 0 Å². The number of aliphatic hydroxyl groups is 2. The Morgan fingerprint density at radius 3 is 2.15 bits per heavy atom. The molecule has 1 aromatic carbocycles. The van der Waals surface area contributed by atoms with Crippen LogP contribution in [0.4, 0.5) is 4.39 Å². The van der Waals surface area contributed by atoms with Gasteiger partial charge in [0.2, 0.25) is 0 Å². The highest BCUT2D eigenvalue weighted by Gasteiger charge is 2.06. The topological polar surface area (TPSA) is 49.7 Å². The van der Waals surface area contributed by atoms with Crippen LogP contribution in [0.5, 0.6) is 5.75 Å². The third-order valence-corrected chi connectivity index (χ3v) is 1.52. The number of hydrogen-bond acceptors (Lipinski definition) is 3. The molecule has 0 aromatic heterocycles. The molecule has 0 bridgehead atoms. The molecule has 1 rings (SSSR count). The molecule has 0 unspecified atom stereocenters. The molecule has 3 nitrogen and oxygen atoms in total. The average Bonchev–Trinajstić information content (AvgIpc) is 2.17. The summed E-state index contributed by atoms with van der Waals surface area (Å²) in [5, 5.41) is 17.4. The number of ether oxygens (including phenoxy) is 1. The third kappa shape index (κ3) is 3.01. The van der Waals surface area contributed by atoms with Gasteiger partial charge in [-0.3, -0.25) is 0 Å². The molecule has 0 aliphatic heterocycles. The van der Waals surface area contributed by atoms with E-state index in [1.807, 2.05) is 0 Å². The molecule has 0 saturated heterocycles. The SMILES string of the molecule is OCC(CO)Oc1ccc(F)cc1. The number of aliphatic hydroxyl groups excluding tert-OH is 2. The lowest BCUT2D eigenvalue weighted by molar-refractivity contribution is 0.0629. The van der Waals surface area contributed by atoms with Crippen LogP contribution in [0, 0.1) is 5.82 Å². The van der Waals surface area contributed by atoms with E-state index in [4.69, 9.17) is 14.9 Å². The van der Waals surface area contributed by atoms with E-state index in [1.165, 1.54) is 24.3 Å². The Bertz CT molecular complexity index is 244. The maximum absolute atomic E-state index is 12.4. The molecule has 1 aromatic rings. The molecule has 0 aliphatic rings. The first-order valence-corrected chi connectivity index (χ1v) is 3.90. The molecule has 4 heteroatoms. The van der Waals surface area contributed by atoms with E-state index in [2.05, 4.69) is 0 Å². The number of hydrogen-bond donors (Lipinski definition) is 2. The van der Waals surface area contributed by atoms with Crippen molar-refractivity contribution in [2.24, 2.45) is 0 Å². The van der Waals surface area contributed by atoms with Crippen molar-refractivity contribution < 1.29 is 19.3 Å². The quantitative estimate of drug-likeness (QED) is 0.722. The van der Waals surface area contributed by atoms with Crippen molar-refractivity contribution in [3.05, 3.63) is 30.1 Å². The summed E-state index contributed by atoms with van der Waals surface area (Å²) < 4.78 is 17.5. The molecule has 13 heavy (non-hydrogen) atoms. The highest BCUT2D eigenvalue weighted by atomic mass is 19.1. The van der Waals surface area contributed by atoms with Gasteiger partial charge in [-0.1, -0.05) is 0 Å². The van der Waals surface area contributed by atoms with Crippen LogP contribution in [-0.2, 0) is 0 Å². The Kier molecular flexibility index (Phi) is 3.67. The molecule has 72 valence electrons. The smallest absolute Gasteiger partial charge is 0.145 e. The van der Waals surface area contributed by atoms with Crippen molar-refractivity contribution in [3.63, 3.8) is 0 Å². The van der Waals surface area contributed by atoms with Gasteiger partial charge >= 0.3 is 0 Å². The van der Waals surface area contributed by atoms with Gasteiger partial charge < -0.3 is 14.9 Å². The zero-order chi connectivity index (χ0) is 9.68. The van der Waals surface area contributed by atoms with Gasteiger partial charge in [0.05, 0.1) is 13.2 Å². The Labute approximate surface area is 75.4 Å². The first-order valence-electron chi connectivity index (χ1n) is 3.90. The van der Waals surface area contributed by atoms with Gasteiger partial charge in [-0.25, -0.2) is 4.39 Å². The van der Waals surface area contributed by atoms with Gasteiger partial charge in [-0.15, -0.1) is 0 Å². The summed E-state index contributed by atoms with van der Waals surface area (Å²) in [7, 11) is 0. The standard InChI is InChI=1S/C9H11FO3/c10-7-1-3-8(4-2-7)13-9(5-11)6-12/h1-4,9,11-12H,5-6H2. The van der Waals surface area contributed by atoms with Crippen LogP contribution >= 0.6 is 0 Å². The van der Waals surface area contributed by atoms with Gasteiger partial charge in [0.15, 0.2) is 0 Å². The van der Waals surface area contributed by atoms with Crippen molar-refractivity contribution in [3.8, 4) is 5.75 Å². The molecular formula is C9H11FO3. The number of benzene rings is 1. The van der Waals surface area contributed by atoms with E-state index >= 15 is 0 Å². The van der Waals surface area contributed by atoms with Crippen LogP contribution in [0.25, 0.3) is 0 Å². The van der Waals surface area contributed by atoms with E-state index in [0.29, 0.717) is 5.75 Å². The van der Waals surface area contributed by atoms with Crippen molar-refractivity contribution in [2.75, 3.05) is 13.2 Å². The minimum atomic E-state index is -0.648. The Hall–Kier alpha value is -1.13. The van der Waals surface area contributed by atoms with E-state index in [-0.39, 0.29) is 19.0 Å². The van der Waals surface area contributed by atoms with Crippen molar-refractivity contribution in [1.82, 2.24) is 0 Å². The molecule has 2 N–H and O–H groups in total. The van der Waals surface area contributed by atoms with Gasteiger partial charge in [0.25, 0.3) is 0 Å². The molecule has 0 amide bonds. The Morgan fingerprint density at radius 2 is 1.69 bits per heavy atom. The minimum absolute atomic E-state index is 0.270. The van der Waals surface area contributed by atoms with E-state index in [9.17, 15) is 4.39 Å². The second-order valence-electron chi connectivity index (χ2n) is 2.56. The zero-order valence-corrected chi connectivity index (χ0v) is 6.98. The van der Waals surface area contributed by atoms with Crippen molar-refractivity contribution in [1.29, 1.82) is 0 Å². The molecule has 0 heterocycles. The first-order chi connectivity index (χ1) is 6.26. The van der Waals surface area contributed by atoms with Crippen molar-refractivity contribution >= 4 is 0 Å². The predicted octanol–water partition coefficient (Wildman–Crippen LogP) is 0.558. The van der Waals surface area contributed by atoms with Crippen LogP contribution in [0.15, 0.2) is 24.3 Å². The van der Waals surface area contributed by atoms with Crippen LogP contribution in [0.3, 0.4) is 0 Å². The fourth-order valence-electron chi connectivity index (χ4n) is 0.838. The van der Waals surface area contributed by atoms with Crippen LogP contribution in [0.1, 0.15) is 0 Å². The zero-order valence-electron chi connectivity index (χ0n) is 6.98. The van der Waals surface area contributed by atoms with Crippen LogP contribution < -0.4 is 4.74 Å².